The van der Waals surface area contributed by atoms with E-state index in [-0.39, 0.29) is 5.91 Å². The Hall–Kier alpha value is -2.12. The lowest BCUT2D eigenvalue weighted by molar-refractivity contribution is -0.0512. The molecule has 1 aromatic heterocycles. The highest BCUT2D eigenvalue weighted by atomic mass is 32.1. The number of fused-ring (bicyclic) bond motifs is 4. The van der Waals surface area contributed by atoms with Crippen molar-refractivity contribution in [1.82, 2.24) is 14.8 Å². The van der Waals surface area contributed by atoms with E-state index in [1.54, 1.807) is 12.5 Å². The molecule has 4 atom stereocenters. The second kappa shape index (κ2) is 7.61. The van der Waals surface area contributed by atoms with Crippen molar-refractivity contribution in [2.24, 2.45) is 11.8 Å². The molecule has 1 aromatic carbocycles. The number of aromatic nitrogens is 1. The van der Waals surface area contributed by atoms with E-state index in [1.165, 1.54) is 42.6 Å². The van der Waals surface area contributed by atoms with Crippen molar-refractivity contribution in [3.63, 3.8) is 0 Å². The fraction of sp³-hybridized carbons (Fsp3) is 0.545. The average molecular weight is 413 g/mol. The number of likely N-dealkylation sites (tertiary alicyclic amines) is 1. The average Bonchev–Trinajstić information content (AvgIpc) is 3.19. The van der Waals surface area contributed by atoms with Crippen LogP contribution in [0, 0.1) is 11.8 Å². The van der Waals surface area contributed by atoms with Gasteiger partial charge < -0.3 is 15.4 Å². The molecule has 4 heterocycles. The number of thiazole rings is 1. The summed E-state index contributed by atoms with van der Waals surface area (Å²) in [6, 6.07) is 9.62. The fourth-order valence-corrected chi connectivity index (χ4v) is 6.24. The Kier molecular flexibility index (Phi) is 4.95. The molecule has 3 saturated heterocycles. The Morgan fingerprint density at radius 3 is 2.76 bits per heavy atom. The lowest BCUT2D eigenvalue weighted by atomic mass is 9.74. The molecule has 3 fully saturated rings. The Morgan fingerprint density at radius 1 is 1.21 bits per heavy atom. The number of hydrogen-bond acceptors (Lipinski definition) is 6. The molecule has 2 N–H and O–H groups in total. The van der Waals surface area contributed by atoms with Crippen LogP contribution in [-0.2, 0) is 0 Å². The van der Waals surface area contributed by atoms with Crippen molar-refractivity contribution >= 4 is 22.4 Å². The minimum absolute atomic E-state index is 0.0450. The summed E-state index contributed by atoms with van der Waals surface area (Å²) in [6.07, 6.45) is 4.92. The van der Waals surface area contributed by atoms with E-state index in [0.717, 1.165) is 25.4 Å². The molecule has 29 heavy (non-hydrogen) atoms. The van der Waals surface area contributed by atoms with Crippen LogP contribution >= 0.6 is 11.3 Å². The minimum atomic E-state index is 0.0450. The van der Waals surface area contributed by atoms with Gasteiger partial charge in [0.25, 0.3) is 5.91 Å². The van der Waals surface area contributed by atoms with E-state index in [2.05, 4.69) is 34.1 Å². The Morgan fingerprint density at radius 2 is 2.03 bits per heavy atom. The molecule has 3 aliphatic rings. The maximum Gasteiger partial charge on any atom is 0.273 e. The Bertz CT molecular complexity index is 883. The highest BCUT2D eigenvalue weighted by molar-refractivity contribution is 7.13. The molecule has 3 aliphatic heterocycles. The molecule has 2 bridgehead atoms. The van der Waals surface area contributed by atoms with Gasteiger partial charge in [-0.05, 0) is 55.2 Å². The van der Waals surface area contributed by atoms with Gasteiger partial charge in [-0.1, -0.05) is 12.1 Å². The van der Waals surface area contributed by atoms with Crippen LogP contribution in [0.15, 0.2) is 29.6 Å². The molecular weight excluding hydrogens is 384 g/mol. The third kappa shape index (κ3) is 3.51. The van der Waals surface area contributed by atoms with Crippen molar-refractivity contribution in [2.45, 2.75) is 37.8 Å². The Labute approximate surface area is 175 Å². The molecule has 2 aromatic rings. The van der Waals surface area contributed by atoms with Crippen LogP contribution in [-0.4, -0.2) is 53.5 Å². The van der Waals surface area contributed by atoms with Crippen molar-refractivity contribution in [1.29, 1.82) is 0 Å². The number of carbonyl (C=O) groups excluding carboxylic acids is 1. The molecule has 5 rings (SSSR count). The third-order valence-corrected chi connectivity index (χ3v) is 7.59. The van der Waals surface area contributed by atoms with Crippen LogP contribution in [0.2, 0.25) is 0 Å². The number of hydrogen-bond donors (Lipinski definition) is 1. The number of benzene rings is 1. The molecule has 7 heteroatoms. The lowest BCUT2D eigenvalue weighted by Gasteiger charge is -2.55. The first-order valence-corrected chi connectivity index (χ1v) is 11.4. The zero-order valence-corrected chi connectivity index (χ0v) is 17.6. The van der Waals surface area contributed by atoms with Crippen molar-refractivity contribution in [3.8, 4) is 5.75 Å². The molecule has 1 amide bonds. The van der Waals surface area contributed by atoms with E-state index in [4.69, 9.17) is 10.5 Å². The molecule has 0 aliphatic carbocycles. The van der Waals surface area contributed by atoms with Crippen LogP contribution in [0.1, 0.15) is 47.8 Å². The normalized spacial score (nSPS) is 29.3. The van der Waals surface area contributed by atoms with E-state index in [1.807, 2.05) is 4.90 Å². The molecule has 6 nitrogen and oxygen atoms in total. The summed E-state index contributed by atoms with van der Waals surface area (Å²) in [4.78, 5) is 21.9. The monoisotopic (exact) mass is 412 g/mol. The molecule has 154 valence electrons. The molecule has 0 unspecified atom stereocenters. The summed E-state index contributed by atoms with van der Waals surface area (Å²) in [6.45, 7) is 2.73. The smallest absolute Gasteiger partial charge is 0.273 e. The number of ether oxygens (including phenoxy) is 1. The standard InChI is InChI=1S/C22H28N4O2S/c1-28-17-7-5-15(6-8-17)19-3-2-4-20-16-9-14(11-26(19)20)10-25(12-16)21(27)18-13-29-22(23)24-18/h5-8,13-14,16,19-20H,2-4,9-12H2,1H3,(H2,23,24)/t14-,16+,19+,20-/m0/s1. The van der Waals surface area contributed by atoms with Gasteiger partial charge in [-0.25, -0.2) is 4.98 Å². The van der Waals surface area contributed by atoms with Gasteiger partial charge in [0.2, 0.25) is 0 Å². The summed E-state index contributed by atoms with van der Waals surface area (Å²) in [5.41, 5.74) is 7.63. The van der Waals surface area contributed by atoms with Crippen molar-refractivity contribution < 1.29 is 9.53 Å². The van der Waals surface area contributed by atoms with E-state index < -0.39 is 0 Å². The molecule has 0 spiro atoms. The van der Waals surface area contributed by atoms with Gasteiger partial charge in [-0.2, -0.15) is 0 Å². The highest BCUT2D eigenvalue weighted by Crippen LogP contribution is 2.44. The number of amides is 1. The van der Waals surface area contributed by atoms with E-state index in [9.17, 15) is 4.79 Å². The number of carbonyl (C=O) groups is 1. The predicted octanol–water partition coefficient (Wildman–Crippen LogP) is 3.42. The molecular formula is C22H28N4O2S. The number of methoxy groups -OCH3 is 1. The van der Waals surface area contributed by atoms with E-state index in [0.29, 0.717) is 34.7 Å². The van der Waals surface area contributed by atoms with Gasteiger partial charge in [0.05, 0.1) is 7.11 Å². The Balaban J connectivity index is 1.34. The topological polar surface area (TPSA) is 71.7 Å². The fourth-order valence-electron chi connectivity index (χ4n) is 5.71. The number of piperidine rings is 3. The summed E-state index contributed by atoms with van der Waals surface area (Å²) in [5.74, 6) is 2.03. The first kappa shape index (κ1) is 18.9. The third-order valence-electron chi connectivity index (χ3n) is 6.92. The maximum atomic E-state index is 12.9. The van der Waals surface area contributed by atoms with Gasteiger partial charge in [0.1, 0.15) is 11.4 Å². The predicted molar refractivity (Wildman–Crippen MR) is 114 cm³/mol. The number of nitrogen functional groups attached to an aromatic ring is 1. The second-order valence-corrected chi connectivity index (χ2v) is 9.52. The first-order valence-electron chi connectivity index (χ1n) is 10.5. The van der Waals surface area contributed by atoms with Gasteiger partial charge >= 0.3 is 0 Å². The summed E-state index contributed by atoms with van der Waals surface area (Å²) in [7, 11) is 1.71. The summed E-state index contributed by atoms with van der Waals surface area (Å²) in [5, 5.41) is 2.25. The summed E-state index contributed by atoms with van der Waals surface area (Å²) < 4.78 is 5.33. The molecule has 0 saturated carbocycles. The van der Waals surface area contributed by atoms with Gasteiger partial charge in [0.15, 0.2) is 5.13 Å². The van der Waals surface area contributed by atoms with Gasteiger partial charge in [-0.3, -0.25) is 9.69 Å². The summed E-state index contributed by atoms with van der Waals surface area (Å²) >= 11 is 1.34. The number of nitrogens with zero attached hydrogens (tertiary/aromatic N) is 3. The van der Waals surface area contributed by atoms with E-state index >= 15 is 0 Å². The highest BCUT2D eigenvalue weighted by Gasteiger charge is 2.45. The minimum Gasteiger partial charge on any atom is -0.497 e. The van der Waals surface area contributed by atoms with Crippen molar-refractivity contribution in [2.75, 3.05) is 32.5 Å². The van der Waals surface area contributed by atoms with Crippen molar-refractivity contribution in [3.05, 3.63) is 40.9 Å². The first-order chi connectivity index (χ1) is 14.1. The van der Waals surface area contributed by atoms with Gasteiger partial charge in [0, 0.05) is 37.1 Å². The SMILES string of the molecule is COc1ccc([C@H]2CCC[C@H]3[C@@H]4C[C@@H](CN(C(=O)c5csc(N)n5)C4)CN23)cc1. The van der Waals surface area contributed by atoms with Crippen LogP contribution < -0.4 is 10.5 Å². The van der Waals surface area contributed by atoms with Crippen LogP contribution in [0.3, 0.4) is 0 Å². The second-order valence-electron chi connectivity index (χ2n) is 8.63. The zero-order chi connectivity index (χ0) is 20.0. The maximum absolute atomic E-state index is 12.9. The molecule has 0 radical (unpaired) electrons. The number of rotatable bonds is 3. The number of anilines is 1. The van der Waals surface area contributed by atoms with Crippen LogP contribution in [0.4, 0.5) is 5.13 Å². The zero-order valence-electron chi connectivity index (χ0n) is 16.8. The van der Waals surface area contributed by atoms with Crippen LogP contribution in [0.5, 0.6) is 5.75 Å². The number of nitrogens with two attached hydrogens (primary N) is 1. The van der Waals surface area contributed by atoms with Gasteiger partial charge in [-0.15, -0.1) is 11.3 Å². The largest absolute Gasteiger partial charge is 0.497 e. The van der Waals surface area contributed by atoms with Crippen LogP contribution in [0.25, 0.3) is 0 Å². The lowest BCUT2D eigenvalue weighted by Crippen LogP contribution is -2.60. The quantitative estimate of drug-likeness (QED) is 0.836.